The predicted molar refractivity (Wildman–Crippen MR) is 112 cm³/mol. The number of halogens is 4. The molecule has 1 spiro atoms. The van der Waals surface area contributed by atoms with E-state index in [-0.39, 0.29) is 29.1 Å². The summed E-state index contributed by atoms with van der Waals surface area (Å²) in [5.74, 6) is -0.565. The summed E-state index contributed by atoms with van der Waals surface area (Å²) < 4.78 is 61.9. The minimum absolute atomic E-state index is 0.151. The smallest absolute Gasteiger partial charge is 0.405 e. The lowest BCUT2D eigenvalue weighted by atomic mass is 9.68. The molecule has 1 aliphatic carbocycles. The molecule has 174 valence electrons. The molecule has 1 saturated heterocycles. The molecule has 2 aliphatic rings. The minimum Gasteiger partial charge on any atom is -0.405 e. The van der Waals surface area contributed by atoms with E-state index >= 15 is 0 Å². The number of nitrogens with zero attached hydrogens (tertiary/aromatic N) is 1. The fraction of sp³-hybridized carbons (Fsp3) is 0.542. The van der Waals surface area contributed by atoms with Crippen LogP contribution in [0.5, 0.6) is 5.75 Å². The van der Waals surface area contributed by atoms with Gasteiger partial charge in [-0.2, -0.15) is 0 Å². The number of ether oxygens (including phenoxy) is 2. The maximum absolute atomic E-state index is 13.5. The van der Waals surface area contributed by atoms with E-state index in [2.05, 4.69) is 15.0 Å². The Labute approximate surface area is 185 Å². The number of hydrogen-bond acceptors (Lipinski definition) is 4. The zero-order chi connectivity index (χ0) is 22.7. The molecule has 32 heavy (non-hydrogen) atoms. The second-order valence-electron chi connectivity index (χ2n) is 8.89. The standard InChI is InChI=1S/C24H28F4N2O2/c25-19-7-8-21(30-16-19)22(12-14-31-23(17-22)9-3-4-10-23)11-13-29-15-18-5-1-2-6-20(18)32-24(26,27)28/h1-2,5-8,16,29H,3-4,9-15,17H2. The predicted octanol–water partition coefficient (Wildman–Crippen LogP) is 5.66. The van der Waals surface area contributed by atoms with Gasteiger partial charge >= 0.3 is 6.36 Å². The summed E-state index contributed by atoms with van der Waals surface area (Å²) in [5.41, 5.74) is 0.890. The third-order valence-corrected chi connectivity index (χ3v) is 6.73. The van der Waals surface area contributed by atoms with Crippen molar-refractivity contribution in [3.63, 3.8) is 0 Å². The van der Waals surface area contributed by atoms with E-state index in [0.29, 0.717) is 18.7 Å². The van der Waals surface area contributed by atoms with Crippen LogP contribution >= 0.6 is 0 Å². The van der Waals surface area contributed by atoms with Crippen molar-refractivity contribution in [2.75, 3.05) is 13.2 Å². The third-order valence-electron chi connectivity index (χ3n) is 6.73. The first-order chi connectivity index (χ1) is 15.3. The molecule has 1 atom stereocenters. The Morgan fingerprint density at radius 2 is 1.84 bits per heavy atom. The zero-order valence-electron chi connectivity index (χ0n) is 17.9. The van der Waals surface area contributed by atoms with E-state index in [1.54, 1.807) is 18.2 Å². The summed E-state index contributed by atoms with van der Waals surface area (Å²) in [5, 5.41) is 3.27. The normalized spacial score (nSPS) is 22.9. The molecule has 1 aliphatic heterocycles. The van der Waals surface area contributed by atoms with Crippen molar-refractivity contribution in [2.24, 2.45) is 0 Å². The monoisotopic (exact) mass is 452 g/mol. The fourth-order valence-corrected chi connectivity index (χ4v) is 5.23. The maximum atomic E-state index is 13.5. The Bertz CT molecular complexity index is 898. The number of pyridine rings is 1. The van der Waals surface area contributed by atoms with Crippen LogP contribution in [-0.2, 0) is 16.7 Å². The summed E-state index contributed by atoms with van der Waals surface area (Å²) in [7, 11) is 0. The van der Waals surface area contributed by atoms with E-state index in [0.717, 1.165) is 50.6 Å². The number of rotatable bonds is 7. The van der Waals surface area contributed by atoms with Crippen LogP contribution in [0.15, 0.2) is 42.6 Å². The van der Waals surface area contributed by atoms with Crippen LogP contribution < -0.4 is 10.1 Å². The van der Waals surface area contributed by atoms with Gasteiger partial charge in [-0.25, -0.2) is 4.39 Å². The highest BCUT2D eigenvalue weighted by atomic mass is 19.4. The molecular formula is C24H28F4N2O2. The number of aromatic nitrogens is 1. The second kappa shape index (κ2) is 9.35. The molecule has 8 heteroatoms. The molecule has 1 N–H and O–H groups in total. The molecule has 1 aromatic carbocycles. The highest BCUT2D eigenvalue weighted by Crippen LogP contribution is 2.49. The van der Waals surface area contributed by atoms with Crippen molar-refractivity contribution in [1.82, 2.24) is 10.3 Å². The Kier molecular flexibility index (Phi) is 6.72. The first-order valence-corrected chi connectivity index (χ1v) is 11.1. The highest BCUT2D eigenvalue weighted by Gasteiger charge is 2.48. The summed E-state index contributed by atoms with van der Waals surface area (Å²) in [6.07, 6.45) is 3.19. The van der Waals surface area contributed by atoms with Gasteiger partial charge in [-0.3, -0.25) is 4.98 Å². The molecule has 4 rings (SSSR count). The van der Waals surface area contributed by atoms with Crippen LogP contribution in [0.1, 0.15) is 56.2 Å². The van der Waals surface area contributed by atoms with Crippen LogP contribution in [-0.4, -0.2) is 30.1 Å². The molecule has 2 aromatic rings. The largest absolute Gasteiger partial charge is 0.573 e. The molecule has 2 fully saturated rings. The molecule has 0 bridgehead atoms. The van der Waals surface area contributed by atoms with Crippen LogP contribution in [0.25, 0.3) is 0 Å². The molecular weight excluding hydrogens is 424 g/mol. The van der Waals surface area contributed by atoms with Crippen LogP contribution in [0.4, 0.5) is 17.6 Å². The van der Waals surface area contributed by atoms with Crippen molar-refractivity contribution < 1.29 is 27.0 Å². The summed E-state index contributed by atoms with van der Waals surface area (Å²) in [6.45, 7) is 1.46. The van der Waals surface area contributed by atoms with Crippen LogP contribution in [0, 0.1) is 5.82 Å². The molecule has 1 saturated carbocycles. The van der Waals surface area contributed by atoms with E-state index in [1.807, 2.05) is 0 Å². The van der Waals surface area contributed by atoms with E-state index < -0.39 is 6.36 Å². The minimum atomic E-state index is -4.73. The molecule has 1 unspecified atom stereocenters. The first-order valence-electron chi connectivity index (χ1n) is 11.1. The van der Waals surface area contributed by atoms with E-state index in [9.17, 15) is 17.6 Å². The second-order valence-corrected chi connectivity index (χ2v) is 8.89. The third kappa shape index (κ3) is 5.41. The average molecular weight is 452 g/mol. The van der Waals surface area contributed by atoms with Gasteiger partial charge in [0, 0.05) is 29.8 Å². The quantitative estimate of drug-likeness (QED) is 0.435. The number of nitrogens with one attached hydrogen (secondary N) is 1. The maximum Gasteiger partial charge on any atom is 0.573 e. The number of hydrogen-bond donors (Lipinski definition) is 1. The summed E-state index contributed by atoms with van der Waals surface area (Å²) >= 11 is 0. The Balaban J connectivity index is 1.46. The number of alkyl halides is 3. The summed E-state index contributed by atoms with van der Waals surface area (Å²) in [4.78, 5) is 4.42. The number of benzene rings is 1. The Morgan fingerprint density at radius 3 is 2.56 bits per heavy atom. The van der Waals surface area contributed by atoms with Crippen molar-refractivity contribution in [2.45, 2.75) is 68.9 Å². The van der Waals surface area contributed by atoms with Crippen molar-refractivity contribution >= 4 is 0 Å². The molecule has 2 heterocycles. The van der Waals surface area contributed by atoms with Crippen molar-refractivity contribution in [3.05, 3.63) is 59.7 Å². The lowest BCUT2D eigenvalue weighted by Crippen LogP contribution is -2.47. The van der Waals surface area contributed by atoms with Crippen LogP contribution in [0.2, 0.25) is 0 Å². The van der Waals surface area contributed by atoms with Gasteiger partial charge in [0.25, 0.3) is 0 Å². The van der Waals surface area contributed by atoms with Gasteiger partial charge in [0.05, 0.1) is 11.8 Å². The van der Waals surface area contributed by atoms with Gasteiger partial charge in [0.2, 0.25) is 0 Å². The molecule has 0 radical (unpaired) electrons. The number of para-hydroxylation sites is 1. The summed E-state index contributed by atoms with van der Waals surface area (Å²) in [6, 6.07) is 9.34. The Morgan fingerprint density at radius 1 is 1.06 bits per heavy atom. The average Bonchev–Trinajstić information content (AvgIpc) is 3.19. The molecule has 1 aromatic heterocycles. The zero-order valence-corrected chi connectivity index (χ0v) is 17.9. The van der Waals surface area contributed by atoms with Gasteiger partial charge in [-0.15, -0.1) is 13.2 Å². The van der Waals surface area contributed by atoms with E-state index in [1.165, 1.54) is 24.4 Å². The highest BCUT2D eigenvalue weighted by molar-refractivity contribution is 5.33. The van der Waals surface area contributed by atoms with Gasteiger partial charge in [-0.05, 0) is 56.8 Å². The van der Waals surface area contributed by atoms with Crippen molar-refractivity contribution in [1.29, 1.82) is 0 Å². The van der Waals surface area contributed by atoms with Crippen LogP contribution in [0.3, 0.4) is 0 Å². The Hall–Kier alpha value is -2.19. The SMILES string of the molecule is Fc1ccc(C2(CCNCc3ccccc3OC(F)(F)F)CCOC3(CCCC3)C2)nc1. The first kappa shape index (κ1) is 23.0. The topological polar surface area (TPSA) is 43.4 Å². The molecule has 4 nitrogen and oxygen atoms in total. The lowest BCUT2D eigenvalue weighted by Gasteiger charge is -2.46. The lowest BCUT2D eigenvalue weighted by molar-refractivity contribution is -0.274. The van der Waals surface area contributed by atoms with Gasteiger partial charge < -0.3 is 14.8 Å². The van der Waals surface area contributed by atoms with Crippen molar-refractivity contribution in [3.8, 4) is 5.75 Å². The van der Waals surface area contributed by atoms with Gasteiger partial charge in [-0.1, -0.05) is 31.0 Å². The van der Waals surface area contributed by atoms with E-state index in [4.69, 9.17) is 4.74 Å². The molecule has 0 amide bonds. The van der Waals surface area contributed by atoms with Gasteiger partial charge in [0.1, 0.15) is 11.6 Å². The fourth-order valence-electron chi connectivity index (χ4n) is 5.23. The van der Waals surface area contributed by atoms with Gasteiger partial charge in [0.15, 0.2) is 0 Å².